The predicted molar refractivity (Wildman–Crippen MR) is 114 cm³/mol. The fourth-order valence-electron chi connectivity index (χ4n) is 4.77. The first-order valence-electron chi connectivity index (χ1n) is 10.3. The van der Waals surface area contributed by atoms with Gasteiger partial charge in [-0.1, -0.05) is 12.1 Å². The van der Waals surface area contributed by atoms with Crippen LogP contribution in [0.15, 0.2) is 34.5 Å². The second-order valence-corrected chi connectivity index (χ2v) is 10.8. The van der Waals surface area contributed by atoms with Gasteiger partial charge < -0.3 is 10.2 Å². The van der Waals surface area contributed by atoms with Gasteiger partial charge >= 0.3 is 0 Å². The lowest BCUT2D eigenvalue weighted by molar-refractivity contribution is 0.0658. The molecular formula is C21H25N3O3S2. The van der Waals surface area contributed by atoms with Crippen molar-refractivity contribution in [3.8, 4) is 0 Å². The summed E-state index contributed by atoms with van der Waals surface area (Å²) in [7, 11) is -3.55. The number of carbonyl (C=O) groups is 1. The summed E-state index contributed by atoms with van der Waals surface area (Å²) in [5.74, 6) is 0.137. The minimum Gasteiger partial charge on any atom is -0.368 e. The van der Waals surface area contributed by atoms with Crippen molar-refractivity contribution in [3.63, 3.8) is 0 Å². The number of hydrogen-bond donors (Lipinski definition) is 2. The maximum absolute atomic E-state index is 13.3. The molecule has 1 aromatic carbocycles. The third kappa shape index (κ3) is 3.47. The normalized spacial score (nSPS) is 25.6. The average molecular weight is 432 g/mol. The molecule has 6 nitrogen and oxygen atoms in total. The Labute approximate surface area is 175 Å². The van der Waals surface area contributed by atoms with Crippen molar-refractivity contribution in [1.29, 1.82) is 0 Å². The number of nitrogens with zero attached hydrogens (tertiary/aromatic N) is 1. The summed E-state index contributed by atoms with van der Waals surface area (Å²) in [5, 5.41) is 5.37. The van der Waals surface area contributed by atoms with E-state index in [-0.39, 0.29) is 16.7 Å². The largest absolute Gasteiger partial charge is 0.368 e. The number of sulfonamides is 1. The van der Waals surface area contributed by atoms with Crippen molar-refractivity contribution in [1.82, 2.24) is 9.62 Å². The van der Waals surface area contributed by atoms with Crippen LogP contribution >= 0.6 is 11.3 Å². The van der Waals surface area contributed by atoms with Crippen molar-refractivity contribution in [2.24, 2.45) is 5.92 Å². The molecule has 1 amide bonds. The predicted octanol–water partition coefficient (Wildman–Crippen LogP) is 3.21. The third-order valence-electron chi connectivity index (χ3n) is 6.28. The minimum absolute atomic E-state index is 0.0327. The van der Waals surface area contributed by atoms with Crippen LogP contribution in [0.5, 0.6) is 0 Å². The van der Waals surface area contributed by atoms with E-state index in [9.17, 15) is 13.2 Å². The molecule has 1 fully saturated rings. The first kappa shape index (κ1) is 19.1. The molecule has 2 aromatic rings. The number of likely N-dealkylation sites (tertiary alicyclic amines) is 1. The van der Waals surface area contributed by atoms with E-state index in [0.29, 0.717) is 12.2 Å². The van der Waals surface area contributed by atoms with Gasteiger partial charge in [-0.2, -0.15) is 4.72 Å². The fraction of sp³-hybridized carbons (Fsp3) is 0.476. The van der Waals surface area contributed by atoms with Crippen LogP contribution in [0.1, 0.15) is 46.5 Å². The first-order chi connectivity index (χ1) is 14.0. The average Bonchev–Trinajstić information content (AvgIpc) is 3.17. The highest BCUT2D eigenvalue weighted by Crippen LogP contribution is 2.33. The van der Waals surface area contributed by atoms with Gasteiger partial charge in [0.15, 0.2) is 0 Å². The number of rotatable bonds is 2. The molecule has 1 saturated heterocycles. The van der Waals surface area contributed by atoms with Gasteiger partial charge in [-0.3, -0.25) is 4.79 Å². The van der Waals surface area contributed by atoms with E-state index >= 15 is 0 Å². The van der Waals surface area contributed by atoms with E-state index in [1.54, 1.807) is 29.5 Å². The summed E-state index contributed by atoms with van der Waals surface area (Å²) in [4.78, 5) is 16.8. The second kappa shape index (κ2) is 7.41. The molecule has 1 aromatic heterocycles. The molecule has 2 atom stereocenters. The molecule has 0 radical (unpaired) electrons. The zero-order chi connectivity index (χ0) is 20.0. The molecule has 0 saturated carbocycles. The lowest BCUT2D eigenvalue weighted by atomic mass is 9.92. The first-order valence-corrected chi connectivity index (χ1v) is 12.7. The third-order valence-corrected chi connectivity index (χ3v) is 8.87. The molecule has 5 rings (SSSR count). The standard InChI is InChI=1S/C21H25N3O3S2/c25-21(16-13-28-18-9-3-1-7-15(16)18)24-11-5-6-14(12-24)20-22-17-8-2-4-10-19(17)29(26,27)23-20/h2,4,8,10,13-14,20,22-23H,1,3,5-7,9,11-12H2. The summed E-state index contributed by atoms with van der Waals surface area (Å²) in [5.41, 5.74) is 2.75. The van der Waals surface area contributed by atoms with E-state index in [2.05, 4.69) is 10.0 Å². The van der Waals surface area contributed by atoms with Crippen LogP contribution in [0.4, 0.5) is 5.69 Å². The topological polar surface area (TPSA) is 78.5 Å². The summed E-state index contributed by atoms with van der Waals surface area (Å²) in [6.45, 7) is 1.29. The van der Waals surface area contributed by atoms with E-state index in [4.69, 9.17) is 0 Å². The summed E-state index contributed by atoms with van der Waals surface area (Å²) >= 11 is 1.71. The van der Waals surface area contributed by atoms with Crippen LogP contribution < -0.4 is 10.0 Å². The minimum atomic E-state index is -3.55. The van der Waals surface area contributed by atoms with Gasteiger partial charge in [0.2, 0.25) is 10.0 Å². The molecular weight excluding hydrogens is 406 g/mol. The maximum atomic E-state index is 13.3. The van der Waals surface area contributed by atoms with Gasteiger partial charge in [-0.25, -0.2) is 8.42 Å². The van der Waals surface area contributed by atoms with Crippen molar-refractivity contribution >= 4 is 33.0 Å². The highest BCUT2D eigenvalue weighted by molar-refractivity contribution is 7.89. The van der Waals surface area contributed by atoms with Gasteiger partial charge in [0.1, 0.15) is 4.90 Å². The Kier molecular flexibility index (Phi) is 4.88. The van der Waals surface area contributed by atoms with Gasteiger partial charge in [-0.15, -0.1) is 11.3 Å². The SMILES string of the molecule is O=C(c1csc2c1CCCC2)N1CCCC(C2Nc3ccccc3S(=O)(=O)N2)C1. The Balaban J connectivity index is 1.35. The second-order valence-electron chi connectivity index (χ2n) is 8.15. The maximum Gasteiger partial charge on any atom is 0.254 e. The molecule has 154 valence electrons. The smallest absolute Gasteiger partial charge is 0.254 e. The summed E-state index contributed by atoms with van der Waals surface area (Å²) in [6, 6.07) is 6.96. The molecule has 2 N–H and O–H groups in total. The number of fused-ring (bicyclic) bond motifs is 2. The van der Waals surface area contributed by atoms with Gasteiger partial charge in [0.05, 0.1) is 17.4 Å². The monoisotopic (exact) mass is 431 g/mol. The van der Waals surface area contributed by atoms with E-state index in [1.165, 1.54) is 16.9 Å². The van der Waals surface area contributed by atoms with E-state index in [1.807, 2.05) is 16.3 Å². The van der Waals surface area contributed by atoms with Crippen LogP contribution in [0.3, 0.4) is 0 Å². The zero-order valence-electron chi connectivity index (χ0n) is 16.2. The Morgan fingerprint density at radius 2 is 1.97 bits per heavy atom. The number of carbonyl (C=O) groups excluding carboxylic acids is 1. The number of amides is 1. The highest BCUT2D eigenvalue weighted by Gasteiger charge is 2.37. The Bertz CT molecular complexity index is 1050. The zero-order valence-corrected chi connectivity index (χ0v) is 17.8. The van der Waals surface area contributed by atoms with E-state index < -0.39 is 16.2 Å². The van der Waals surface area contributed by atoms with Gasteiger partial charge in [0, 0.05) is 29.3 Å². The van der Waals surface area contributed by atoms with Gasteiger partial charge in [0.25, 0.3) is 5.91 Å². The number of nitrogens with one attached hydrogen (secondary N) is 2. The Morgan fingerprint density at radius 3 is 2.86 bits per heavy atom. The number of piperidine rings is 1. The van der Waals surface area contributed by atoms with Gasteiger partial charge in [-0.05, 0) is 56.2 Å². The molecule has 0 spiro atoms. The summed E-state index contributed by atoms with van der Waals surface area (Å²) < 4.78 is 28.1. The van der Waals surface area contributed by atoms with Crippen molar-refractivity contribution in [2.45, 2.75) is 49.6 Å². The molecule has 29 heavy (non-hydrogen) atoms. The van der Waals surface area contributed by atoms with Crippen molar-refractivity contribution < 1.29 is 13.2 Å². The molecule has 2 unspecified atom stereocenters. The number of para-hydroxylation sites is 1. The molecule has 2 aliphatic heterocycles. The van der Waals surface area contributed by atoms with Crippen LogP contribution in [0.25, 0.3) is 0 Å². The Morgan fingerprint density at radius 1 is 1.14 bits per heavy atom. The number of hydrogen-bond acceptors (Lipinski definition) is 5. The summed E-state index contributed by atoms with van der Waals surface area (Å²) in [6.07, 6.45) is 5.81. The molecule has 1 aliphatic carbocycles. The number of aryl methyl sites for hydroxylation is 1. The van der Waals surface area contributed by atoms with Crippen molar-refractivity contribution in [3.05, 3.63) is 45.6 Å². The van der Waals surface area contributed by atoms with Crippen molar-refractivity contribution in [2.75, 3.05) is 18.4 Å². The lowest BCUT2D eigenvalue weighted by Gasteiger charge is -2.39. The molecule has 3 aliphatic rings. The van der Waals surface area contributed by atoms with Crippen LogP contribution in [-0.4, -0.2) is 38.5 Å². The number of anilines is 1. The van der Waals surface area contributed by atoms with Crippen LogP contribution in [0.2, 0.25) is 0 Å². The Hall–Kier alpha value is -1.90. The van der Waals surface area contributed by atoms with E-state index in [0.717, 1.165) is 44.2 Å². The van der Waals surface area contributed by atoms with Crippen LogP contribution in [-0.2, 0) is 22.9 Å². The lowest BCUT2D eigenvalue weighted by Crippen LogP contribution is -2.54. The van der Waals surface area contributed by atoms with Crippen LogP contribution in [0, 0.1) is 5.92 Å². The fourth-order valence-corrected chi connectivity index (χ4v) is 7.28. The molecule has 0 bridgehead atoms. The number of thiophene rings is 1. The number of benzene rings is 1. The molecule has 3 heterocycles. The quantitative estimate of drug-likeness (QED) is 0.765. The molecule has 8 heteroatoms. The highest BCUT2D eigenvalue weighted by atomic mass is 32.2.